The van der Waals surface area contributed by atoms with Gasteiger partial charge in [0.2, 0.25) is 0 Å². The summed E-state index contributed by atoms with van der Waals surface area (Å²) in [4.78, 5) is 0. The van der Waals surface area contributed by atoms with Crippen molar-refractivity contribution in [2.24, 2.45) is 5.41 Å². The SMILES string of the molecule is CCC(C)(C)C(O)Cc1cccc(Br)c1. The molecule has 1 rings (SSSR count). The lowest BCUT2D eigenvalue weighted by Gasteiger charge is -2.29. The van der Waals surface area contributed by atoms with Gasteiger partial charge in [-0.15, -0.1) is 0 Å². The first-order valence-corrected chi connectivity index (χ1v) is 6.17. The second-order valence-corrected chi connectivity index (χ2v) is 5.61. The topological polar surface area (TPSA) is 20.2 Å². The van der Waals surface area contributed by atoms with Gasteiger partial charge in [-0.05, 0) is 36.0 Å². The van der Waals surface area contributed by atoms with Crippen LogP contribution in [0.15, 0.2) is 28.7 Å². The average Bonchev–Trinajstić information content (AvgIpc) is 2.17. The van der Waals surface area contributed by atoms with Gasteiger partial charge < -0.3 is 5.11 Å². The van der Waals surface area contributed by atoms with Gasteiger partial charge in [0.15, 0.2) is 0 Å². The third kappa shape index (κ3) is 3.62. The minimum atomic E-state index is -0.281. The van der Waals surface area contributed by atoms with Crippen LogP contribution in [-0.4, -0.2) is 11.2 Å². The number of hydrogen-bond acceptors (Lipinski definition) is 1. The van der Waals surface area contributed by atoms with E-state index >= 15 is 0 Å². The van der Waals surface area contributed by atoms with Gasteiger partial charge in [-0.1, -0.05) is 48.8 Å². The first kappa shape index (κ1) is 12.7. The molecule has 0 saturated carbocycles. The van der Waals surface area contributed by atoms with E-state index < -0.39 is 0 Å². The van der Waals surface area contributed by atoms with E-state index in [1.165, 1.54) is 5.56 Å². The van der Waals surface area contributed by atoms with E-state index in [4.69, 9.17) is 0 Å². The number of rotatable bonds is 4. The predicted molar refractivity (Wildman–Crippen MR) is 67.9 cm³/mol. The van der Waals surface area contributed by atoms with Gasteiger partial charge in [0, 0.05) is 4.47 Å². The fourth-order valence-corrected chi connectivity index (χ4v) is 1.85. The van der Waals surface area contributed by atoms with Gasteiger partial charge in [-0.2, -0.15) is 0 Å². The molecule has 0 saturated heterocycles. The van der Waals surface area contributed by atoms with Gasteiger partial charge in [0.05, 0.1) is 6.10 Å². The van der Waals surface area contributed by atoms with Crippen LogP contribution in [0.3, 0.4) is 0 Å². The molecule has 0 aliphatic rings. The van der Waals surface area contributed by atoms with Crippen LogP contribution in [0.25, 0.3) is 0 Å². The van der Waals surface area contributed by atoms with Crippen molar-refractivity contribution >= 4 is 15.9 Å². The van der Waals surface area contributed by atoms with Crippen LogP contribution in [0.4, 0.5) is 0 Å². The number of aliphatic hydroxyl groups is 1. The third-order valence-electron chi connectivity index (χ3n) is 3.13. The van der Waals surface area contributed by atoms with Crippen molar-refractivity contribution in [3.63, 3.8) is 0 Å². The smallest absolute Gasteiger partial charge is 0.0631 e. The van der Waals surface area contributed by atoms with Crippen molar-refractivity contribution < 1.29 is 5.11 Å². The largest absolute Gasteiger partial charge is 0.392 e. The van der Waals surface area contributed by atoms with Crippen LogP contribution in [-0.2, 0) is 6.42 Å². The van der Waals surface area contributed by atoms with Crippen LogP contribution in [0.1, 0.15) is 32.8 Å². The quantitative estimate of drug-likeness (QED) is 0.883. The van der Waals surface area contributed by atoms with E-state index in [0.29, 0.717) is 0 Å². The highest BCUT2D eigenvalue weighted by molar-refractivity contribution is 9.10. The van der Waals surface area contributed by atoms with Gasteiger partial charge in [0.1, 0.15) is 0 Å². The van der Waals surface area contributed by atoms with E-state index in [1.54, 1.807) is 0 Å². The molecule has 1 atom stereocenters. The zero-order chi connectivity index (χ0) is 11.5. The van der Waals surface area contributed by atoms with Crippen LogP contribution in [0.2, 0.25) is 0 Å². The molecule has 0 heterocycles. The van der Waals surface area contributed by atoms with E-state index in [-0.39, 0.29) is 11.5 Å². The lowest BCUT2D eigenvalue weighted by Crippen LogP contribution is -2.30. The standard InChI is InChI=1S/C13H19BrO/c1-4-13(2,3)12(15)9-10-6-5-7-11(14)8-10/h5-8,12,15H,4,9H2,1-3H3. The Morgan fingerprint density at radius 1 is 1.40 bits per heavy atom. The fourth-order valence-electron chi connectivity index (χ4n) is 1.40. The number of hydrogen-bond donors (Lipinski definition) is 1. The van der Waals surface area contributed by atoms with Crippen molar-refractivity contribution in [2.75, 3.05) is 0 Å². The van der Waals surface area contributed by atoms with E-state index in [9.17, 15) is 5.11 Å². The molecular weight excluding hydrogens is 252 g/mol. The van der Waals surface area contributed by atoms with Crippen LogP contribution in [0.5, 0.6) is 0 Å². The molecule has 1 nitrogen and oxygen atoms in total. The molecule has 0 radical (unpaired) electrons. The first-order valence-electron chi connectivity index (χ1n) is 5.38. The van der Waals surface area contributed by atoms with Gasteiger partial charge >= 0.3 is 0 Å². The van der Waals surface area contributed by atoms with E-state index in [0.717, 1.165) is 17.3 Å². The first-order chi connectivity index (χ1) is 6.95. The molecule has 1 aromatic rings. The number of benzene rings is 1. The summed E-state index contributed by atoms with van der Waals surface area (Å²) < 4.78 is 1.07. The number of aliphatic hydroxyl groups excluding tert-OH is 1. The minimum absolute atomic E-state index is 0.0116. The summed E-state index contributed by atoms with van der Waals surface area (Å²) in [6.45, 7) is 6.33. The second-order valence-electron chi connectivity index (χ2n) is 4.69. The van der Waals surface area contributed by atoms with Gasteiger partial charge in [0.25, 0.3) is 0 Å². The lowest BCUT2D eigenvalue weighted by molar-refractivity contribution is 0.0479. The molecule has 0 aromatic heterocycles. The normalized spacial score (nSPS) is 13.9. The van der Waals surface area contributed by atoms with Crippen LogP contribution < -0.4 is 0 Å². The molecular formula is C13H19BrO. The summed E-state index contributed by atoms with van der Waals surface area (Å²) in [6.07, 6.45) is 1.43. The van der Waals surface area contributed by atoms with Gasteiger partial charge in [-0.3, -0.25) is 0 Å². The molecule has 0 bridgehead atoms. The van der Waals surface area contributed by atoms with E-state index in [2.05, 4.69) is 48.8 Å². The molecule has 1 aromatic carbocycles. The minimum Gasteiger partial charge on any atom is -0.392 e. The Labute approximate surface area is 101 Å². The Balaban J connectivity index is 2.70. The van der Waals surface area contributed by atoms with Crippen molar-refractivity contribution in [2.45, 2.75) is 39.7 Å². The average molecular weight is 271 g/mol. The number of halogens is 1. The van der Waals surface area contributed by atoms with Crippen molar-refractivity contribution in [1.29, 1.82) is 0 Å². The highest BCUT2D eigenvalue weighted by Gasteiger charge is 2.25. The van der Waals surface area contributed by atoms with Crippen molar-refractivity contribution in [3.8, 4) is 0 Å². The van der Waals surface area contributed by atoms with Crippen molar-refractivity contribution in [3.05, 3.63) is 34.3 Å². The highest BCUT2D eigenvalue weighted by atomic mass is 79.9. The summed E-state index contributed by atoms with van der Waals surface area (Å²) in [5, 5.41) is 10.1. The third-order valence-corrected chi connectivity index (χ3v) is 3.62. The Morgan fingerprint density at radius 3 is 2.60 bits per heavy atom. The second kappa shape index (κ2) is 5.13. The molecule has 0 aliphatic heterocycles. The lowest BCUT2D eigenvalue weighted by atomic mass is 9.81. The Bertz CT molecular complexity index is 320. The Morgan fingerprint density at radius 2 is 2.07 bits per heavy atom. The maximum absolute atomic E-state index is 10.1. The maximum Gasteiger partial charge on any atom is 0.0631 e. The molecule has 0 amide bonds. The zero-order valence-electron chi connectivity index (χ0n) is 9.63. The highest BCUT2D eigenvalue weighted by Crippen LogP contribution is 2.27. The molecule has 0 spiro atoms. The van der Waals surface area contributed by atoms with Gasteiger partial charge in [-0.25, -0.2) is 0 Å². The molecule has 0 fully saturated rings. The summed E-state index contributed by atoms with van der Waals surface area (Å²) in [5.74, 6) is 0. The summed E-state index contributed by atoms with van der Waals surface area (Å²) >= 11 is 3.44. The van der Waals surface area contributed by atoms with Crippen LogP contribution in [0, 0.1) is 5.41 Å². The molecule has 1 unspecified atom stereocenters. The molecule has 0 aliphatic carbocycles. The zero-order valence-corrected chi connectivity index (χ0v) is 11.2. The fraction of sp³-hybridized carbons (Fsp3) is 0.538. The predicted octanol–water partition coefficient (Wildman–Crippen LogP) is 3.79. The molecule has 2 heteroatoms. The molecule has 84 valence electrons. The Hall–Kier alpha value is -0.340. The Kier molecular flexibility index (Phi) is 4.35. The van der Waals surface area contributed by atoms with Crippen molar-refractivity contribution in [1.82, 2.24) is 0 Å². The summed E-state index contributed by atoms with van der Waals surface area (Å²) in [6, 6.07) is 8.13. The monoisotopic (exact) mass is 270 g/mol. The molecule has 15 heavy (non-hydrogen) atoms. The van der Waals surface area contributed by atoms with E-state index in [1.807, 2.05) is 12.1 Å². The molecule has 1 N–H and O–H groups in total. The summed E-state index contributed by atoms with van der Waals surface area (Å²) in [7, 11) is 0. The summed E-state index contributed by atoms with van der Waals surface area (Å²) in [5.41, 5.74) is 1.17. The maximum atomic E-state index is 10.1. The van der Waals surface area contributed by atoms with Crippen LogP contribution >= 0.6 is 15.9 Å².